The van der Waals surface area contributed by atoms with Crippen LogP contribution in [0.2, 0.25) is 5.02 Å². The van der Waals surface area contributed by atoms with Crippen molar-refractivity contribution in [2.45, 2.75) is 23.2 Å². The first-order chi connectivity index (χ1) is 14.6. The van der Waals surface area contributed by atoms with Crippen LogP contribution in [-0.2, 0) is 30.8 Å². The summed E-state index contributed by atoms with van der Waals surface area (Å²) in [7, 11) is -4.21. The van der Waals surface area contributed by atoms with Gasteiger partial charge in [-0.3, -0.25) is 20.0 Å². The molecule has 1 saturated heterocycles. The Bertz CT molecular complexity index is 1090. The number of sulfone groups is 1. The highest BCUT2D eigenvalue weighted by Gasteiger charge is 2.48. The van der Waals surface area contributed by atoms with Gasteiger partial charge in [-0.15, -0.1) is 0 Å². The average Bonchev–Trinajstić information content (AvgIpc) is 2.72. The molecule has 1 amide bonds. The number of carbonyl (C=O) groups is 2. The number of carbonyl (C=O) groups excluding carboxylic acids is 2. The van der Waals surface area contributed by atoms with Crippen LogP contribution in [0, 0.1) is 11.7 Å². The van der Waals surface area contributed by atoms with E-state index in [1.807, 2.05) is 0 Å². The van der Waals surface area contributed by atoms with Crippen molar-refractivity contribution in [1.29, 1.82) is 0 Å². The lowest BCUT2D eigenvalue weighted by molar-refractivity contribution is -0.288. The maximum Gasteiger partial charge on any atom is 0.320 e. The zero-order chi connectivity index (χ0) is 22.8. The number of cyclic esters (lactones) is 1. The molecule has 2 atom stereocenters. The summed E-state index contributed by atoms with van der Waals surface area (Å²) in [6.07, 6.45) is -0.195. The SMILES string of the molecule is O=C1OCCC(S(=O)(=O)c2ccc(OCc3ccc(F)cc3Cl)cc2)C1C(=O)N(O)O. The molecule has 0 bridgehead atoms. The fourth-order valence-electron chi connectivity index (χ4n) is 3.10. The van der Waals surface area contributed by atoms with Gasteiger partial charge in [0.1, 0.15) is 18.2 Å². The van der Waals surface area contributed by atoms with Gasteiger partial charge in [-0.25, -0.2) is 12.8 Å². The number of hydrogen-bond donors (Lipinski definition) is 2. The summed E-state index contributed by atoms with van der Waals surface area (Å²) >= 11 is 5.94. The van der Waals surface area contributed by atoms with E-state index in [2.05, 4.69) is 0 Å². The van der Waals surface area contributed by atoms with Crippen molar-refractivity contribution < 1.29 is 42.3 Å². The summed E-state index contributed by atoms with van der Waals surface area (Å²) in [6.45, 7) is -0.220. The van der Waals surface area contributed by atoms with Crippen molar-refractivity contribution in [3.63, 3.8) is 0 Å². The number of hydroxylamine groups is 2. The van der Waals surface area contributed by atoms with Crippen molar-refractivity contribution in [3.8, 4) is 5.75 Å². The first kappa shape index (κ1) is 22.9. The van der Waals surface area contributed by atoms with Gasteiger partial charge >= 0.3 is 5.97 Å². The Morgan fingerprint density at radius 1 is 1.23 bits per heavy atom. The summed E-state index contributed by atoms with van der Waals surface area (Å²) in [6, 6.07) is 9.03. The average molecular weight is 474 g/mol. The Morgan fingerprint density at radius 3 is 2.52 bits per heavy atom. The van der Waals surface area contributed by atoms with Crippen molar-refractivity contribution in [2.75, 3.05) is 6.61 Å². The normalized spacial score (nSPS) is 18.9. The lowest BCUT2D eigenvalue weighted by atomic mass is 10.00. The van der Waals surface area contributed by atoms with Crippen molar-refractivity contribution in [2.24, 2.45) is 5.92 Å². The molecule has 12 heteroatoms. The molecule has 0 aromatic heterocycles. The number of rotatable bonds is 6. The van der Waals surface area contributed by atoms with Gasteiger partial charge in [-0.05, 0) is 36.4 Å². The molecule has 1 aliphatic rings. The second-order valence-corrected chi connectivity index (χ2v) is 9.21. The zero-order valence-electron chi connectivity index (χ0n) is 15.8. The van der Waals surface area contributed by atoms with Gasteiger partial charge in [-0.2, -0.15) is 0 Å². The Morgan fingerprint density at radius 2 is 1.90 bits per heavy atom. The fourth-order valence-corrected chi connectivity index (χ4v) is 5.18. The monoisotopic (exact) mass is 473 g/mol. The van der Waals surface area contributed by atoms with Gasteiger partial charge in [0.25, 0.3) is 5.91 Å². The van der Waals surface area contributed by atoms with Crippen LogP contribution in [-0.4, -0.2) is 47.8 Å². The van der Waals surface area contributed by atoms with Gasteiger partial charge in [0.2, 0.25) is 0 Å². The third-order valence-corrected chi connectivity index (χ3v) is 7.28. The fraction of sp³-hybridized carbons (Fsp3) is 0.263. The summed E-state index contributed by atoms with van der Waals surface area (Å²) in [5.41, 5.74) is 0.527. The van der Waals surface area contributed by atoms with Crippen molar-refractivity contribution in [1.82, 2.24) is 5.23 Å². The Hall–Kier alpha value is -2.73. The van der Waals surface area contributed by atoms with Crippen LogP contribution in [0.25, 0.3) is 0 Å². The number of nitrogens with zero attached hydrogens (tertiary/aromatic N) is 1. The quantitative estimate of drug-likeness (QED) is 0.283. The molecule has 0 radical (unpaired) electrons. The number of esters is 1. The second kappa shape index (κ2) is 9.18. The van der Waals surface area contributed by atoms with E-state index in [4.69, 9.17) is 31.5 Å². The van der Waals surface area contributed by atoms with Gasteiger partial charge < -0.3 is 9.47 Å². The molecular weight excluding hydrogens is 457 g/mol. The first-order valence-corrected chi connectivity index (χ1v) is 10.8. The highest BCUT2D eigenvalue weighted by atomic mass is 35.5. The zero-order valence-corrected chi connectivity index (χ0v) is 17.3. The van der Waals surface area contributed by atoms with Crippen molar-refractivity contribution in [3.05, 3.63) is 58.9 Å². The molecule has 9 nitrogen and oxygen atoms in total. The minimum atomic E-state index is -4.21. The van der Waals surface area contributed by atoms with E-state index >= 15 is 0 Å². The van der Waals surface area contributed by atoms with Gasteiger partial charge in [0.15, 0.2) is 15.8 Å². The van der Waals surface area contributed by atoms with Gasteiger partial charge in [0, 0.05) is 12.0 Å². The predicted octanol–water partition coefficient (Wildman–Crippen LogP) is 2.37. The second-order valence-electron chi connectivity index (χ2n) is 6.64. The van der Waals surface area contributed by atoms with Gasteiger partial charge in [-0.1, -0.05) is 22.9 Å². The van der Waals surface area contributed by atoms with E-state index in [9.17, 15) is 22.4 Å². The highest BCUT2D eigenvalue weighted by Crippen LogP contribution is 2.30. The number of hydrogen-bond acceptors (Lipinski definition) is 8. The molecule has 1 aliphatic heterocycles. The molecule has 2 N–H and O–H groups in total. The van der Waals surface area contributed by atoms with E-state index in [1.54, 1.807) is 0 Å². The minimum Gasteiger partial charge on any atom is -0.489 e. The first-order valence-electron chi connectivity index (χ1n) is 8.90. The van der Waals surface area contributed by atoms with Crippen LogP contribution in [0.5, 0.6) is 5.75 Å². The largest absolute Gasteiger partial charge is 0.489 e. The van der Waals surface area contributed by atoms with E-state index < -0.39 is 43.9 Å². The van der Waals surface area contributed by atoms with Crippen LogP contribution in [0.3, 0.4) is 0 Å². The smallest absolute Gasteiger partial charge is 0.320 e. The lowest BCUT2D eigenvalue weighted by Crippen LogP contribution is -2.49. The number of halogens is 2. The van der Waals surface area contributed by atoms with E-state index in [1.165, 1.54) is 36.4 Å². The van der Waals surface area contributed by atoms with Crippen LogP contribution in [0.4, 0.5) is 4.39 Å². The molecule has 0 spiro atoms. The highest BCUT2D eigenvalue weighted by molar-refractivity contribution is 7.92. The Balaban J connectivity index is 1.78. The maximum absolute atomic E-state index is 13.1. The van der Waals surface area contributed by atoms with Crippen molar-refractivity contribution >= 4 is 33.3 Å². The lowest BCUT2D eigenvalue weighted by Gasteiger charge is -2.29. The molecule has 0 aliphatic carbocycles. The minimum absolute atomic E-state index is 0.0130. The number of benzene rings is 2. The Labute approximate surface area is 181 Å². The summed E-state index contributed by atoms with van der Waals surface area (Å²) in [5, 5.41) is 15.7. The van der Waals surface area contributed by atoms with E-state index in [-0.39, 0.29) is 29.6 Å². The van der Waals surface area contributed by atoms with Crippen LogP contribution < -0.4 is 4.74 Å². The van der Waals surface area contributed by atoms with Gasteiger partial charge in [0.05, 0.1) is 21.8 Å². The van der Waals surface area contributed by atoms with Crippen LogP contribution in [0.1, 0.15) is 12.0 Å². The number of amides is 1. The third-order valence-electron chi connectivity index (χ3n) is 4.70. The van der Waals surface area contributed by atoms with E-state index in [0.717, 1.165) is 6.07 Å². The van der Waals surface area contributed by atoms with E-state index in [0.29, 0.717) is 11.3 Å². The molecule has 2 aromatic carbocycles. The maximum atomic E-state index is 13.1. The summed E-state index contributed by atoms with van der Waals surface area (Å²) in [5.74, 6) is -4.77. The molecular formula is C19H17ClFNO8S. The topological polar surface area (TPSA) is 130 Å². The predicted molar refractivity (Wildman–Crippen MR) is 103 cm³/mol. The Kier molecular flexibility index (Phi) is 6.80. The van der Waals surface area contributed by atoms with Crippen LogP contribution >= 0.6 is 11.6 Å². The molecule has 2 aromatic rings. The molecule has 3 rings (SSSR count). The summed E-state index contributed by atoms with van der Waals surface area (Å²) in [4.78, 5) is 23.7. The molecule has 166 valence electrons. The summed E-state index contributed by atoms with van der Waals surface area (Å²) < 4.78 is 49.3. The molecule has 1 fully saturated rings. The third kappa shape index (κ3) is 4.96. The molecule has 0 saturated carbocycles. The molecule has 1 heterocycles. The molecule has 31 heavy (non-hydrogen) atoms. The number of ether oxygens (including phenoxy) is 2. The van der Waals surface area contributed by atoms with Crippen LogP contribution in [0.15, 0.2) is 47.4 Å². The molecule has 2 unspecified atom stereocenters. The standard InChI is InChI=1S/C19H17ClFNO8S/c20-15-9-12(21)2-1-11(15)10-30-13-3-5-14(6-4-13)31(27,28)16-7-8-29-19(24)17(16)18(23)22(25)26/h1-6,9,16-17,25-26H,7-8,10H2.